The first-order valence-electron chi connectivity index (χ1n) is 8.01. The molecular weight excluding hydrogens is 328 g/mol. The lowest BCUT2D eigenvalue weighted by Crippen LogP contribution is -2.51. The van der Waals surface area contributed by atoms with Crippen molar-refractivity contribution in [2.24, 2.45) is 0 Å². The van der Waals surface area contributed by atoms with Crippen LogP contribution in [0.5, 0.6) is 0 Å². The predicted molar refractivity (Wildman–Crippen MR) is 93.9 cm³/mol. The van der Waals surface area contributed by atoms with Crippen molar-refractivity contribution in [2.45, 2.75) is 38.0 Å². The molecule has 0 aliphatic carbocycles. The lowest BCUT2D eigenvalue weighted by molar-refractivity contribution is -0.146. The molecule has 0 radical (unpaired) electrons. The Bertz CT molecular complexity index is 620. The number of rotatable bonds is 6. The highest BCUT2D eigenvalue weighted by molar-refractivity contribution is 8.00. The van der Waals surface area contributed by atoms with Crippen LogP contribution in [0.15, 0.2) is 24.3 Å². The van der Waals surface area contributed by atoms with Crippen molar-refractivity contribution in [1.82, 2.24) is 5.32 Å². The lowest BCUT2D eigenvalue weighted by Gasteiger charge is -2.27. The van der Waals surface area contributed by atoms with E-state index in [1.807, 2.05) is 31.2 Å². The van der Waals surface area contributed by atoms with Gasteiger partial charge in [0.1, 0.15) is 6.04 Å². The highest BCUT2D eigenvalue weighted by atomic mass is 32.2. The number of hydrogen-bond acceptors (Lipinski definition) is 5. The van der Waals surface area contributed by atoms with Crippen LogP contribution in [0.2, 0.25) is 0 Å². The summed E-state index contributed by atoms with van der Waals surface area (Å²) in [4.78, 5) is 36.0. The van der Waals surface area contributed by atoms with E-state index in [9.17, 15) is 14.4 Å². The van der Waals surface area contributed by atoms with Crippen LogP contribution in [0.25, 0.3) is 0 Å². The van der Waals surface area contributed by atoms with E-state index >= 15 is 0 Å². The summed E-state index contributed by atoms with van der Waals surface area (Å²) in [5, 5.41) is 4.99. The number of para-hydroxylation sites is 1. The van der Waals surface area contributed by atoms with E-state index in [0.717, 1.165) is 17.7 Å². The van der Waals surface area contributed by atoms with Gasteiger partial charge in [-0.2, -0.15) is 0 Å². The SMILES string of the molecule is CCOC(=O)[C@H]1CS[C@@H](CC(=O)Nc2ccccc2CC)C(=O)N1. The van der Waals surface area contributed by atoms with E-state index in [0.29, 0.717) is 5.75 Å². The summed E-state index contributed by atoms with van der Waals surface area (Å²) in [6, 6.07) is 6.96. The molecule has 2 atom stereocenters. The number of benzene rings is 1. The van der Waals surface area contributed by atoms with Crippen LogP contribution in [0.1, 0.15) is 25.8 Å². The van der Waals surface area contributed by atoms with Gasteiger partial charge in [0.25, 0.3) is 0 Å². The quantitative estimate of drug-likeness (QED) is 0.764. The number of amides is 2. The molecule has 1 aromatic rings. The molecule has 2 rings (SSSR count). The number of anilines is 1. The summed E-state index contributed by atoms with van der Waals surface area (Å²) in [6.07, 6.45) is 0.889. The molecule has 24 heavy (non-hydrogen) atoms. The van der Waals surface area contributed by atoms with Crippen molar-refractivity contribution >= 4 is 35.2 Å². The van der Waals surface area contributed by atoms with E-state index in [-0.39, 0.29) is 24.8 Å². The first-order valence-corrected chi connectivity index (χ1v) is 9.06. The molecule has 1 aromatic carbocycles. The third-order valence-electron chi connectivity index (χ3n) is 3.69. The molecule has 1 heterocycles. The number of carbonyl (C=O) groups excluding carboxylic acids is 3. The molecule has 1 aliphatic heterocycles. The zero-order valence-corrected chi connectivity index (χ0v) is 14.7. The van der Waals surface area contributed by atoms with E-state index < -0.39 is 17.3 Å². The molecule has 2 amide bonds. The second-order valence-corrected chi connectivity index (χ2v) is 6.63. The Hall–Kier alpha value is -2.02. The van der Waals surface area contributed by atoms with Gasteiger partial charge in [-0.3, -0.25) is 9.59 Å². The Morgan fingerprint density at radius 2 is 2.08 bits per heavy atom. The molecule has 1 fully saturated rings. The normalized spacial score (nSPS) is 20.2. The minimum Gasteiger partial charge on any atom is -0.464 e. The second-order valence-electron chi connectivity index (χ2n) is 5.40. The zero-order chi connectivity index (χ0) is 17.5. The molecule has 0 unspecified atom stereocenters. The van der Waals surface area contributed by atoms with Crippen molar-refractivity contribution < 1.29 is 19.1 Å². The van der Waals surface area contributed by atoms with Gasteiger partial charge in [-0.15, -0.1) is 11.8 Å². The maximum Gasteiger partial charge on any atom is 0.329 e. The fourth-order valence-corrected chi connectivity index (χ4v) is 3.57. The van der Waals surface area contributed by atoms with Crippen LogP contribution in [-0.2, 0) is 25.5 Å². The average Bonchev–Trinajstić information content (AvgIpc) is 2.57. The molecule has 1 aliphatic rings. The Morgan fingerprint density at radius 1 is 1.33 bits per heavy atom. The van der Waals surface area contributed by atoms with Gasteiger partial charge in [-0.1, -0.05) is 25.1 Å². The Labute approximate surface area is 145 Å². The Morgan fingerprint density at radius 3 is 2.75 bits per heavy atom. The standard InChI is InChI=1S/C17H22N2O4S/c1-3-11-7-5-6-8-12(11)18-15(20)9-14-16(21)19-13(10-24-14)17(22)23-4-2/h5-8,13-14H,3-4,9-10H2,1-2H3,(H,18,20)(H,19,21)/t13-,14+/m1/s1. The van der Waals surface area contributed by atoms with Gasteiger partial charge in [0.2, 0.25) is 11.8 Å². The fraction of sp³-hybridized carbons (Fsp3) is 0.471. The molecule has 0 spiro atoms. The predicted octanol–water partition coefficient (Wildman–Crippen LogP) is 1.74. The average molecular weight is 350 g/mol. The highest BCUT2D eigenvalue weighted by Gasteiger charge is 2.34. The summed E-state index contributed by atoms with van der Waals surface area (Å²) >= 11 is 1.31. The number of hydrogen-bond donors (Lipinski definition) is 2. The van der Waals surface area contributed by atoms with Crippen LogP contribution in [-0.4, -0.2) is 41.4 Å². The van der Waals surface area contributed by atoms with Crippen molar-refractivity contribution in [3.8, 4) is 0 Å². The Kier molecular flexibility index (Phi) is 6.66. The van der Waals surface area contributed by atoms with Gasteiger partial charge in [0.15, 0.2) is 0 Å². The van der Waals surface area contributed by atoms with Gasteiger partial charge in [0.05, 0.1) is 11.9 Å². The smallest absolute Gasteiger partial charge is 0.329 e. The van der Waals surface area contributed by atoms with E-state index in [4.69, 9.17) is 4.74 Å². The fourth-order valence-electron chi connectivity index (χ4n) is 2.44. The van der Waals surface area contributed by atoms with E-state index in [1.165, 1.54) is 11.8 Å². The molecule has 130 valence electrons. The highest BCUT2D eigenvalue weighted by Crippen LogP contribution is 2.23. The molecule has 7 heteroatoms. The minimum absolute atomic E-state index is 0.0735. The summed E-state index contributed by atoms with van der Waals surface area (Å²) in [6.45, 7) is 4.01. The monoisotopic (exact) mass is 350 g/mol. The van der Waals surface area contributed by atoms with Crippen LogP contribution in [0.4, 0.5) is 5.69 Å². The number of ether oxygens (including phenoxy) is 1. The minimum atomic E-state index is -0.637. The molecule has 0 bridgehead atoms. The van der Waals surface area contributed by atoms with Gasteiger partial charge in [-0.05, 0) is 25.0 Å². The molecule has 2 N–H and O–H groups in total. The topological polar surface area (TPSA) is 84.5 Å². The Balaban J connectivity index is 1.89. The number of carbonyl (C=O) groups is 3. The third kappa shape index (κ3) is 4.74. The maximum atomic E-state index is 12.2. The van der Waals surface area contributed by atoms with Gasteiger partial charge >= 0.3 is 5.97 Å². The maximum absolute atomic E-state index is 12.2. The van der Waals surface area contributed by atoms with Gasteiger partial charge in [0, 0.05) is 17.9 Å². The molecule has 0 saturated carbocycles. The number of nitrogens with one attached hydrogen (secondary N) is 2. The van der Waals surface area contributed by atoms with Crippen LogP contribution >= 0.6 is 11.8 Å². The number of esters is 1. The number of aryl methyl sites for hydroxylation is 1. The zero-order valence-electron chi connectivity index (χ0n) is 13.8. The van der Waals surface area contributed by atoms with Gasteiger partial charge in [-0.25, -0.2) is 4.79 Å². The van der Waals surface area contributed by atoms with Crippen molar-refractivity contribution in [2.75, 3.05) is 17.7 Å². The molecule has 1 saturated heterocycles. The summed E-state index contributed by atoms with van der Waals surface area (Å²) in [7, 11) is 0. The van der Waals surface area contributed by atoms with Crippen molar-refractivity contribution in [3.63, 3.8) is 0 Å². The molecule has 0 aromatic heterocycles. The van der Waals surface area contributed by atoms with Crippen LogP contribution in [0, 0.1) is 0 Å². The summed E-state index contributed by atoms with van der Waals surface area (Å²) in [5.74, 6) is -0.534. The van der Waals surface area contributed by atoms with Crippen molar-refractivity contribution in [3.05, 3.63) is 29.8 Å². The second kappa shape index (κ2) is 8.73. The number of thioether (sulfide) groups is 1. The first kappa shape index (κ1) is 18.3. The van der Waals surface area contributed by atoms with Crippen LogP contribution < -0.4 is 10.6 Å². The van der Waals surface area contributed by atoms with Crippen molar-refractivity contribution in [1.29, 1.82) is 0 Å². The molecular formula is C17H22N2O4S. The summed E-state index contributed by atoms with van der Waals surface area (Å²) < 4.78 is 4.90. The summed E-state index contributed by atoms with van der Waals surface area (Å²) in [5.41, 5.74) is 1.82. The van der Waals surface area contributed by atoms with Gasteiger partial charge < -0.3 is 15.4 Å². The molecule has 6 nitrogen and oxygen atoms in total. The van der Waals surface area contributed by atoms with Crippen LogP contribution in [0.3, 0.4) is 0 Å². The third-order valence-corrected chi connectivity index (χ3v) is 5.00. The lowest BCUT2D eigenvalue weighted by atomic mass is 10.1. The van der Waals surface area contributed by atoms with E-state index in [2.05, 4.69) is 10.6 Å². The van der Waals surface area contributed by atoms with E-state index in [1.54, 1.807) is 6.92 Å². The largest absolute Gasteiger partial charge is 0.464 e. The first-order chi connectivity index (χ1) is 11.5.